The predicted molar refractivity (Wildman–Crippen MR) is 63.9 cm³/mol. The van der Waals surface area contributed by atoms with Crippen molar-refractivity contribution in [3.63, 3.8) is 0 Å². The summed E-state index contributed by atoms with van der Waals surface area (Å²) >= 11 is 0. The first-order valence-corrected chi connectivity index (χ1v) is 6.91. The molecule has 0 radical (unpaired) electrons. The summed E-state index contributed by atoms with van der Waals surface area (Å²) in [5.74, 6) is -3.05. The largest absolute Gasteiger partial charge is 0.480 e. The van der Waals surface area contributed by atoms with Crippen molar-refractivity contribution in [3.05, 3.63) is 0 Å². The Morgan fingerprint density at radius 3 is 2.10 bits per heavy atom. The van der Waals surface area contributed by atoms with Crippen LogP contribution in [0.4, 0.5) is 13.2 Å². The van der Waals surface area contributed by atoms with E-state index in [1.54, 1.807) is 0 Å². The molecule has 2 fully saturated rings. The molecule has 1 saturated heterocycles. The molecule has 4 nitrogen and oxygen atoms in total. The maximum absolute atomic E-state index is 12.6. The first kappa shape index (κ1) is 15.1. The Labute approximate surface area is 114 Å². The fourth-order valence-corrected chi connectivity index (χ4v) is 3.46. The molecule has 0 spiro atoms. The lowest BCUT2D eigenvalue weighted by Crippen LogP contribution is -2.55. The summed E-state index contributed by atoms with van der Waals surface area (Å²) in [7, 11) is 0. The van der Waals surface area contributed by atoms with Gasteiger partial charge in [0, 0.05) is 6.54 Å². The van der Waals surface area contributed by atoms with Crippen molar-refractivity contribution in [2.75, 3.05) is 6.54 Å². The predicted octanol–water partition coefficient (Wildman–Crippen LogP) is 2.43. The van der Waals surface area contributed by atoms with E-state index >= 15 is 0 Å². The van der Waals surface area contributed by atoms with Gasteiger partial charge in [-0.1, -0.05) is 25.7 Å². The van der Waals surface area contributed by atoms with Gasteiger partial charge in [-0.15, -0.1) is 0 Å². The van der Waals surface area contributed by atoms with Crippen LogP contribution in [-0.2, 0) is 9.59 Å². The molecule has 1 heterocycles. The molecule has 1 amide bonds. The number of carbonyl (C=O) groups is 2. The van der Waals surface area contributed by atoms with Gasteiger partial charge < -0.3 is 10.0 Å². The molecule has 1 N–H and O–H groups in total. The van der Waals surface area contributed by atoms with Gasteiger partial charge in [0.2, 0.25) is 0 Å². The summed E-state index contributed by atoms with van der Waals surface area (Å²) in [4.78, 5) is 23.0. The second kappa shape index (κ2) is 5.61. The lowest BCUT2D eigenvalue weighted by atomic mass is 9.82. The van der Waals surface area contributed by atoms with Crippen LogP contribution in [0.1, 0.15) is 38.5 Å². The minimum atomic E-state index is -5.01. The maximum atomic E-state index is 12.6. The molecule has 114 valence electrons. The average molecular weight is 293 g/mol. The Morgan fingerprint density at radius 1 is 1.00 bits per heavy atom. The van der Waals surface area contributed by atoms with Gasteiger partial charge in [-0.3, -0.25) is 4.79 Å². The van der Waals surface area contributed by atoms with E-state index in [1.165, 1.54) is 0 Å². The smallest absolute Gasteiger partial charge is 0.471 e. The first-order valence-electron chi connectivity index (χ1n) is 6.91. The van der Waals surface area contributed by atoms with Gasteiger partial charge in [0.25, 0.3) is 0 Å². The highest BCUT2D eigenvalue weighted by Gasteiger charge is 2.49. The molecule has 1 aliphatic heterocycles. The van der Waals surface area contributed by atoms with Crippen molar-refractivity contribution in [1.82, 2.24) is 4.90 Å². The Balaban J connectivity index is 2.13. The van der Waals surface area contributed by atoms with Crippen LogP contribution in [0.5, 0.6) is 0 Å². The Bertz CT molecular complexity index is 391. The quantitative estimate of drug-likeness (QED) is 0.850. The molecule has 0 bridgehead atoms. The van der Waals surface area contributed by atoms with Gasteiger partial charge in [-0.25, -0.2) is 4.79 Å². The first-order chi connectivity index (χ1) is 9.30. The number of alkyl halides is 3. The lowest BCUT2D eigenvalue weighted by Gasteiger charge is -2.39. The molecule has 2 aliphatic rings. The number of hydrogen-bond donors (Lipinski definition) is 1. The van der Waals surface area contributed by atoms with E-state index in [0.29, 0.717) is 17.2 Å². The maximum Gasteiger partial charge on any atom is 0.471 e. The van der Waals surface area contributed by atoms with Crippen molar-refractivity contribution in [1.29, 1.82) is 0 Å². The van der Waals surface area contributed by atoms with E-state index in [4.69, 9.17) is 5.11 Å². The summed E-state index contributed by atoms with van der Waals surface area (Å²) < 4.78 is 37.8. The van der Waals surface area contributed by atoms with Gasteiger partial charge in [-0.2, -0.15) is 13.2 Å². The van der Waals surface area contributed by atoms with Crippen LogP contribution in [-0.4, -0.2) is 40.6 Å². The molecule has 1 aliphatic carbocycles. The zero-order valence-corrected chi connectivity index (χ0v) is 11.0. The normalized spacial score (nSPS) is 28.6. The Kier molecular flexibility index (Phi) is 4.25. The second-order valence-corrected chi connectivity index (χ2v) is 5.69. The van der Waals surface area contributed by atoms with Crippen LogP contribution in [0, 0.1) is 11.8 Å². The van der Waals surface area contributed by atoms with E-state index < -0.39 is 24.1 Å². The fraction of sp³-hybridized carbons (Fsp3) is 0.846. The lowest BCUT2D eigenvalue weighted by molar-refractivity contribution is -0.192. The van der Waals surface area contributed by atoms with Gasteiger partial charge in [-0.05, 0) is 24.7 Å². The highest BCUT2D eigenvalue weighted by Crippen LogP contribution is 2.38. The zero-order chi connectivity index (χ0) is 14.9. The van der Waals surface area contributed by atoms with E-state index in [1.807, 2.05) is 0 Å². The van der Waals surface area contributed by atoms with Crippen LogP contribution >= 0.6 is 0 Å². The number of piperidine rings is 1. The van der Waals surface area contributed by atoms with Gasteiger partial charge in [0.05, 0.1) is 0 Å². The van der Waals surface area contributed by atoms with Crippen molar-refractivity contribution in [2.45, 2.75) is 50.7 Å². The summed E-state index contributed by atoms with van der Waals surface area (Å²) in [6.07, 6.45) is -0.243. The minimum Gasteiger partial charge on any atom is -0.480 e. The van der Waals surface area contributed by atoms with Crippen LogP contribution < -0.4 is 0 Å². The SMILES string of the molecule is O=C(O)C1CCC(C2CCCC2)CN1C(=O)C(F)(F)F. The third kappa shape index (κ3) is 3.07. The van der Waals surface area contributed by atoms with Crippen molar-refractivity contribution in [3.8, 4) is 0 Å². The number of likely N-dealkylation sites (tertiary alicyclic amines) is 1. The Hall–Kier alpha value is -1.27. The van der Waals surface area contributed by atoms with E-state index in [9.17, 15) is 22.8 Å². The number of carbonyl (C=O) groups excluding carboxylic acids is 1. The number of amides is 1. The van der Waals surface area contributed by atoms with Gasteiger partial charge in [0.15, 0.2) is 0 Å². The second-order valence-electron chi connectivity index (χ2n) is 5.69. The molecule has 2 rings (SSSR count). The Morgan fingerprint density at radius 2 is 1.60 bits per heavy atom. The van der Waals surface area contributed by atoms with Crippen LogP contribution in [0.15, 0.2) is 0 Å². The summed E-state index contributed by atoms with van der Waals surface area (Å²) in [6.45, 7) is -0.0834. The molecule has 2 unspecified atom stereocenters. The van der Waals surface area contributed by atoms with Crippen LogP contribution in [0.3, 0.4) is 0 Å². The number of rotatable bonds is 2. The molecular formula is C13H18F3NO3. The monoisotopic (exact) mass is 293 g/mol. The molecule has 20 heavy (non-hydrogen) atoms. The summed E-state index contributed by atoms with van der Waals surface area (Å²) in [5.41, 5.74) is 0. The highest BCUT2D eigenvalue weighted by atomic mass is 19.4. The number of aliphatic carboxylic acids is 1. The fourth-order valence-electron chi connectivity index (χ4n) is 3.46. The topological polar surface area (TPSA) is 57.6 Å². The van der Waals surface area contributed by atoms with Crippen molar-refractivity contribution < 1.29 is 27.9 Å². The number of carboxylic acid groups (broad SMARTS) is 1. The van der Waals surface area contributed by atoms with Crippen molar-refractivity contribution in [2.24, 2.45) is 11.8 Å². The van der Waals surface area contributed by atoms with E-state index in [2.05, 4.69) is 0 Å². The average Bonchev–Trinajstić information content (AvgIpc) is 2.89. The van der Waals surface area contributed by atoms with Crippen LogP contribution in [0.2, 0.25) is 0 Å². The molecule has 0 aromatic rings. The molecule has 2 atom stereocenters. The number of nitrogens with zero attached hydrogens (tertiary/aromatic N) is 1. The van der Waals surface area contributed by atoms with E-state index in [-0.39, 0.29) is 18.9 Å². The molecule has 0 aromatic heterocycles. The third-order valence-electron chi connectivity index (χ3n) is 4.47. The van der Waals surface area contributed by atoms with Gasteiger partial charge in [0.1, 0.15) is 6.04 Å². The molecule has 7 heteroatoms. The van der Waals surface area contributed by atoms with E-state index in [0.717, 1.165) is 25.7 Å². The standard InChI is InChI=1S/C13H18F3NO3/c14-13(15,16)12(20)17-7-9(8-3-1-2-4-8)5-6-10(17)11(18)19/h8-10H,1-7H2,(H,18,19). The van der Waals surface area contributed by atoms with Crippen LogP contribution in [0.25, 0.3) is 0 Å². The van der Waals surface area contributed by atoms with Gasteiger partial charge >= 0.3 is 18.1 Å². The van der Waals surface area contributed by atoms with Crippen molar-refractivity contribution >= 4 is 11.9 Å². The number of carboxylic acids is 1. The minimum absolute atomic E-state index is 0.000556. The molecular weight excluding hydrogens is 275 g/mol. The molecule has 1 saturated carbocycles. The highest BCUT2D eigenvalue weighted by molar-refractivity contribution is 5.87. The summed E-state index contributed by atoms with van der Waals surface area (Å²) in [5, 5.41) is 9.01. The molecule has 0 aromatic carbocycles. The number of halogens is 3. The zero-order valence-electron chi connectivity index (χ0n) is 11.0. The summed E-state index contributed by atoms with van der Waals surface area (Å²) in [6, 6.07) is -1.35. The number of hydrogen-bond acceptors (Lipinski definition) is 2. The third-order valence-corrected chi connectivity index (χ3v) is 4.47.